The number of hydrogen-bond acceptors (Lipinski definition) is 13. The molecule has 3 atom stereocenters. The molecule has 0 bridgehead atoms. The number of carbonyl (C=O) groups is 5. The van der Waals surface area contributed by atoms with E-state index in [1.807, 2.05) is 0 Å². The standard InChI is InChI=1S/C40H58N4O11S/c1-27(43(5)39(49)55-40(2,3)4)36(47)42-34(28-12-8-7-9-13-28)38(48)44-17-11-16-32(44)37-41-31(26-56-37)35(46)29-14-10-15-30(24-29)54-23-22-52-19-18-51-20-21-53-25-33(45)50-6/h10,14-15,24,26-28,32,34H,7-9,11-13,16-23,25H2,1-6H3,(H,42,47)/t27-,32-,34-/m0/s1. The normalized spacial score (nSPS) is 17.2. The van der Waals surface area contributed by atoms with Crippen LogP contribution in [0.5, 0.6) is 5.75 Å². The fourth-order valence-electron chi connectivity index (χ4n) is 6.55. The summed E-state index contributed by atoms with van der Waals surface area (Å²) in [7, 11) is 2.82. The van der Waals surface area contributed by atoms with Gasteiger partial charge in [0.2, 0.25) is 17.6 Å². The van der Waals surface area contributed by atoms with Gasteiger partial charge in [-0.3, -0.25) is 19.3 Å². The molecule has 2 aliphatic rings. The minimum Gasteiger partial charge on any atom is -0.491 e. The van der Waals surface area contributed by atoms with Crippen molar-refractivity contribution in [1.82, 2.24) is 20.1 Å². The molecule has 1 aromatic carbocycles. The average Bonchev–Trinajstić information content (AvgIpc) is 3.88. The van der Waals surface area contributed by atoms with E-state index in [1.165, 1.54) is 30.4 Å². The van der Waals surface area contributed by atoms with E-state index in [4.69, 9.17) is 28.7 Å². The number of nitrogens with one attached hydrogen (secondary N) is 1. The van der Waals surface area contributed by atoms with Crippen molar-refractivity contribution in [1.29, 1.82) is 0 Å². The predicted octanol–water partition coefficient (Wildman–Crippen LogP) is 4.96. The molecule has 2 heterocycles. The van der Waals surface area contributed by atoms with Gasteiger partial charge >= 0.3 is 12.1 Å². The zero-order valence-corrected chi connectivity index (χ0v) is 34.4. The summed E-state index contributed by atoms with van der Waals surface area (Å²) >= 11 is 1.35. The monoisotopic (exact) mass is 802 g/mol. The number of likely N-dealkylation sites (N-methyl/N-ethyl adjacent to an activating group) is 1. The molecule has 2 fully saturated rings. The van der Waals surface area contributed by atoms with Crippen LogP contribution in [0.25, 0.3) is 0 Å². The van der Waals surface area contributed by atoms with E-state index in [0.29, 0.717) is 55.7 Å². The van der Waals surface area contributed by atoms with Gasteiger partial charge in [-0.1, -0.05) is 31.4 Å². The zero-order valence-electron chi connectivity index (χ0n) is 33.5. The third-order valence-electron chi connectivity index (χ3n) is 9.69. The second kappa shape index (κ2) is 22.0. The summed E-state index contributed by atoms with van der Waals surface area (Å²) < 4.78 is 31.8. The van der Waals surface area contributed by atoms with Gasteiger partial charge in [-0.2, -0.15) is 0 Å². The van der Waals surface area contributed by atoms with Crippen LogP contribution < -0.4 is 10.1 Å². The molecule has 1 N–H and O–H groups in total. The summed E-state index contributed by atoms with van der Waals surface area (Å²) in [6.07, 6.45) is 5.54. The second-order valence-corrected chi connectivity index (χ2v) is 15.9. The van der Waals surface area contributed by atoms with Gasteiger partial charge in [0.15, 0.2) is 0 Å². The SMILES string of the molecule is COC(=O)COCCOCCOCCOc1cccc(C(=O)c2csc([C@@H]3CCCN3C(=O)[C@@H](NC(=O)[C@H](C)N(C)C(=O)OC(C)(C)C)C3CCCCC3)n2)c1. The number of ether oxygens (including phenoxy) is 6. The molecular weight excluding hydrogens is 745 g/mol. The molecule has 4 rings (SSSR count). The summed E-state index contributed by atoms with van der Waals surface area (Å²) in [5, 5.41) is 5.43. The van der Waals surface area contributed by atoms with Crippen LogP contribution >= 0.6 is 11.3 Å². The average molecular weight is 803 g/mol. The molecule has 2 aromatic rings. The highest BCUT2D eigenvalue weighted by Crippen LogP contribution is 2.37. The highest BCUT2D eigenvalue weighted by molar-refractivity contribution is 7.10. The van der Waals surface area contributed by atoms with Crippen LogP contribution in [0.15, 0.2) is 29.6 Å². The molecule has 1 aromatic heterocycles. The van der Waals surface area contributed by atoms with Gasteiger partial charge < -0.3 is 38.6 Å². The number of methoxy groups -OCH3 is 1. The smallest absolute Gasteiger partial charge is 0.410 e. The molecule has 0 unspecified atom stereocenters. The third-order valence-corrected chi connectivity index (χ3v) is 10.6. The number of carbonyl (C=O) groups excluding carboxylic acids is 5. The number of amides is 3. The third kappa shape index (κ3) is 13.5. The lowest BCUT2D eigenvalue weighted by atomic mass is 9.83. The quantitative estimate of drug-likeness (QED) is 0.109. The van der Waals surface area contributed by atoms with Crippen LogP contribution in [0.2, 0.25) is 0 Å². The van der Waals surface area contributed by atoms with Gasteiger partial charge in [-0.25, -0.2) is 14.6 Å². The van der Waals surface area contributed by atoms with Crippen LogP contribution in [0.3, 0.4) is 0 Å². The van der Waals surface area contributed by atoms with E-state index in [0.717, 1.165) is 38.5 Å². The summed E-state index contributed by atoms with van der Waals surface area (Å²) in [5.41, 5.74) is -0.00256. The Morgan fingerprint density at radius 3 is 2.30 bits per heavy atom. The van der Waals surface area contributed by atoms with Gasteiger partial charge in [0.05, 0.1) is 46.2 Å². The van der Waals surface area contributed by atoms with E-state index in [-0.39, 0.29) is 49.2 Å². The maximum Gasteiger partial charge on any atom is 0.410 e. The number of aromatic nitrogens is 1. The summed E-state index contributed by atoms with van der Waals surface area (Å²) in [6, 6.07) is 4.97. The molecule has 15 nitrogen and oxygen atoms in total. The van der Waals surface area contributed by atoms with E-state index < -0.39 is 35.7 Å². The minimum atomic E-state index is -0.854. The van der Waals surface area contributed by atoms with Crippen molar-refractivity contribution in [2.45, 2.75) is 96.4 Å². The molecule has 56 heavy (non-hydrogen) atoms. The second-order valence-electron chi connectivity index (χ2n) is 15.0. The van der Waals surface area contributed by atoms with Crippen LogP contribution in [0.4, 0.5) is 4.79 Å². The van der Waals surface area contributed by atoms with Crippen LogP contribution in [0.1, 0.15) is 99.7 Å². The fourth-order valence-corrected chi connectivity index (χ4v) is 7.49. The van der Waals surface area contributed by atoms with Gasteiger partial charge in [-0.15, -0.1) is 11.3 Å². The fraction of sp³-hybridized carbons (Fsp3) is 0.650. The number of nitrogens with zero attached hydrogens (tertiary/aromatic N) is 3. The molecule has 1 aliphatic heterocycles. The summed E-state index contributed by atoms with van der Waals surface area (Å²) in [4.78, 5) is 73.0. The predicted molar refractivity (Wildman–Crippen MR) is 208 cm³/mol. The molecule has 1 saturated carbocycles. The Morgan fingerprint density at radius 1 is 0.946 bits per heavy atom. The Kier molecular flexibility index (Phi) is 17.5. The lowest BCUT2D eigenvalue weighted by Gasteiger charge is -2.36. The summed E-state index contributed by atoms with van der Waals surface area (Å²) in [6.45, 7) is 9.23. The van der Waals surface area contributed by atoms with E-state index in [2.05, 4.69) is 10.1 Å². The molecular formula is C40H58N4O11S. The van der Waals surface area contributed by atoms with Crippen LogP contribution in [-0.2, 0) is 38.1 Å². The first-order chi connectivity index (χ1) is 26.8. The number of ketones is 1. The lowest BCUT2D eigenvalue weighted by molar-refractivity contribution is -0.146. The maximum absolute atomic E-state index is 14.4. The largest absolute Gasteiger partial charge is 0.491 e. The highest BCUT2D eigenvalue weighted by Gasteiger charge is 2.41. The lowest BCUT2D eigenvalue weighted by Crippen LogP contribution is -2.56. The number of thiazole rings is 1. The van der Waals surface area contributed by atoms with Crippen molar-refractivity contribution in [2.24, 2.45) is 5.92 Å². The molecule has 16 heteroatoms. The van der Waals surface area contributed by atoms with Gasteiger partial charge in [-0.05, 0) is 71.4 Å². The van der Waals surface area contributed by atoms with Crippen molar-refractivity contribution in [3.05, 3.63) is 45.9 Å². The number of benzene rings is 1. The van der Waals surface area contributed by atoms with Gasteiger partial charge in [0, 0.05) is 24.5 Å². The molecule has 0 spiro atoms. The Bertz CT molecular complexity index is 1610. The Morgan fingerprint density at radius 2 is 1.62 bits per heavy atom. The Balaban J connectivity index is 1.32. The maximum atomic E-state index is 14.4. The van der Waals surface area contributed by atoms with Crippen molar-refractivity contribution in [3.8, 4) is 5.75 Å². The number of likely N-dealkylation sites (tertiary alicyclic amines) is 1. The van der Waals surface area contributed by atoms with Crippen molar-refractivity contribution < 1.29 is 52.4 Å². The Hall–Kier alpha value is -4.12. The van der Waals surface area contributed by atoms with E-state index >= 15 is 0 Å². The van der Waals surface area contributed by atoms with Crippen LogP contribution in [0, 0.1) is 5.92 Å². The molecule has 1 saturated heterocycles. The molecule has 0 radical (unpaired) electrons. The number of esters is 1. The first kappa shape index (κ1) is 44.6. The van der Waals surface area contributed by atoms with Gasteiger partial charge in [0.1, 0.15) is 47.3 Å². The first-order valence-electron chi connectivity index (χ1n) is 19.4. The minimum absolute atomic E-state index is 0.0270. The van der Waals surface area contributed by atoms with Crippen molar-refractivity contribution in [3.63, 3.8) is 0 Å². The number of rotatable bonds is 20. The molecule has 310 valence electrons. The van der Waals surface area contributed by atoms with Crippen LogP contribution in [-0.4, -0.2) is 129 Å². The zero-order chi connectivity index (χ0) is 40.7. The topological polar surface area (TPSA) is 172 Å². The highest BCUT2D eigenvalue weighted by atomic mass is 32.1. The van der Waals surface area contributed by atoms with E-state index in [9.17, 15) is 24.0 Å². The summed E-state index contributed by atoms with van der Waals surface area (Å²) in [5.74, 6) is -0.782. The van der Waals surface area contributed by atoms with E-state index in [1.54, 1.807) is 62.2 Å². The number of hydrogen-bond donors (Lipinski definition) is 1. The molecule has 3 amide bonds. The Labute approximate surface area is 333 Å². The van der Waals surface area contributed by atoms with Crippen molar-refractivity contribution in [2.75, 3.05) is 67.0 Å². The van der Waals surface area contributed by atoms with Crippen molar-refractivity contribution >= 4 is 41.0 Å². The van der Waals surface area contributed by atoms with Gasteiger partial charge in [0.25, 0.3) is 0 Å². The molecule has 1 aliphatic carbocycles. The first-order valence-corrected chi connectivity index (χ1v) is 20.3.